The molecule has 0 aliphatic carbocycles. The van der Waals surface area contributed by atoms with Crippen LogP contribution in [0, 0.1) is 0 Å². The molecule has 12 heavy (non-hydrogen) atoms. The molecule has 0 atom stereocenters. The number of hydrogen-bond donors (Lipinski definition) is 4. The average Bonchev–Trinajstić information content (AvgIpc) is 2.06. The van der Waals surface area contributed by atoms with Gasteiger partial charge in [0, 0.05) is 26.2 Å². The molecule has 0 aromatic heterocycles. The minimum absolute atomic E-state index is 0.728. The maximum atomic E-state index is 5.26. The first-order chi connectivity index (χ1) is 5.83. The summed E-state index contributed by atoms with van der Waals surface area (Å²) in [5, 5.41) is 6.39. The maximum Gasteiger partial charge on any atom is 0.00772 e. The molecule has 0 radical (unpaired) electrons. The van der Waals surface area contributed by atoms with Gasteiger partial charge in [0.25, 0.3) is 0 Å². The van der Waals surface area contributed by atoms with Gasteiger partial charge in [-0.1, -0.05) is 13.8 Å². The molecule has 0 spiro atoms. The van der Waals surface area contributed by atoms with Gasteiger partial charge in [0.05, 0.1) is 0 Å². The molecular weight excluding hydrogens is 152 g/mol. The van der Waals surface area contributed by atoms with Gasteiger partial charge in [0.15, 0.2) is 0 Å². The minimum Gasteiger partial charge on any atom is -0.331 e. The number of nitrogens with one attached hydrogen (secondary N) is 2. The van der Waals surface area contributed by atoms with Crippen LogP contribution in [0.1, 0.15) is 13.8 Å². The summed E-state index contributed by atoms with van der Waals surface area (Å²) in [6.07, 6.45) is 0. The lowest BCUT2D eigenvalue weighted by Gasteiger charge is -2.01. The van der Waals surface area contributed by atoms with E-state index in [0.29, 0.717) is 0 Å². The van der Waals surface area contributed by atoms with Gasteiger partial charge in [-0.05, 0) is 13.1 Å². The Morgan fingerprint density at radius 1 is 0.917 bits per heavy atom. The van der Waals surface area contributed by atoms with E-state index in [9.17, 15) is 0 Å². The van der Waals surface area contributed by atoms with Crippen LogP contribution >= 0.6 is 0 Å². The summed E-state index contributed by atoms with van der Waals surface area (Å²) >= 11 is 0. The van der Waals surface area contributed by atoms with Crippen molar-refractivity contribution in [2.24, 2.45) is 11.5 Å². The van der Waals surface area contributed by atoms with Crippen molar-refractivity contribution in [3.8, 4) is 0 Å². The molecule has 0 aliphatic heterocycles. The Bertz CT molecular complexity index is 53.0. The maximum absolute atomic E-state index is 5.26. The van der Waals surface area contributed by atoms with Crippen LogP contribution in [0.5, 0.6) is 0 Å². The third-order valence-electron chi connectivity index (χ3n) is 1.05. The average molecular weight is 176 g/mol. The summed E-state index contributed by atoms with van der Waals surface area (Å²) in [7, 11) is 0. The molecule has 0 saturated heterocycles. The van der Waals surface area contributed by atoms with Crippen LogP contribution in [0.4, 0.5) is 0 Å². The van der Waals surface area contributed by atoms with Gasteiger partial charge in [-0.3, -0.25) is 0 Å². The molecule has 0 bridgehead atoms. The predicted octanol–water partition coefficient (Wildman–Crippen LogP) is -0.891. The first-order valence-electron chi connectivity index (χ1n) is 4.64. The number of hydrogen-bond acceptors (Lipinski definition) is 4. The van der Waals surface area contributed by atoms with Gasteiger partial charge < -0.3 is 22.1 Å². The van der Waals surface area contributed by atoms with Crippen LogP contribution in [0.15, 0.2) is 0 Å². The van der Waals surface area contributed by atoms with E-state index in [-0.39, 0.29) is 0 Å². The summed E-state index contributed by atoms with van der Waals surface area (Å²) in [4.78, 5) is 0. The quantitative estimate of drug-likeness (QED) is 0.396. The van der Waals surface area contributed by atoms with E-state index >= 15 is 0 Å². The molecule has 4 nitrogen and oxygen atoms in total. The van der Waals surface area contributed by atoms with E-state index in [1.54, 1.807) is 0 Å². The Morgan fingerprint density at radius 2 is 1.42 bits per heavy atom. The lowest BCUT2D eigenvalue weighted by Crippen LogP contribution is -2.30. The van der Waals surface area contributed by atoms with Crippen molar-refractivity contribution in [3.05, 3.63) is 0 Å². The second-order valence-electron chi connectivity index (χ2n) is 2.30. The summed E-state index contributed by atoms with van der Waals surface area (Å²) in [6, 6.07) is 0. The van der Waals surface area contributed by atoms with Crippen LogP contribution in [-0.4, -0.2) is 39.3 Å². The Hall–Kier alpha value is -0.160. The highest BCUT2D eigenvalue weighted by molar-refractivity contribution is 4.49. The first kappa shape index (κ1) is 14.4. The van der Waals surface area contributed by atoms with Gasteiger partial charge in [0.2, 0.25) is 0 Å². The van der Waals surface area contributed by atoms with Crippen molar-refractivity contribution >= 4 is 0 Å². The van der Waals surface area contributed by atoms with E-state index in [1.165, 1.54) is 0 Å². The molecule has 0 fully saturated rings. The largest absolute Gasteiger partial charge is 0.331 e. The molecule has 0 aromatic carbocycles. The van der Waals surface area contributed by atoms with E-state index in [4.69, 9.17) is 11.5 Å². The first-order valence-corrected chi connectivity index (χ1v) is 4.64. The molecule has 6 N–H and O–H groups in total. The summed E-state index contributed by atoms with van der Waals surface area (Å²) in [5.74, 6) is 0. The highest BCUT2D eigenvalue weighted by Gasteiger charge is 1.81. The van der Waals surface area contributed by atoms with E-state index in [0.717, 1.165) is 39.3 Å². The van der Waals surface area contributed by atoms with Gasteiger partial charge in [0.1, 0.15) is 0 Å². The molecule has 0 amide bonds. The van der Waals surface area contributed by atoms with Gasteiger partial charge in [-0.15, -0.1) is 0 Å². The molecule has 0 aromatic rings. The molecule has 76 valence electrons. The highest BCUT2D eigenvalue weighted by atomic mass is 14.9. The molecular formula is C8H24N4. The normalized spacial score (nSPS) is 9.00. The van der Waals surface area contributed by atoms with Crippen LogP contribution in [-0.2, 0) is 0 Å². The van der Waals surface area contributed by atoms with Crippen molar-refractivity contribution in [3.63, 3.8) is 0 Å². The SMILES string of the molecule is CCN.CCNCCNCCN. The van der Waals surface area contributed by atoms with Crippen molar-refractivity contribution in [1.29, 1.82) is 0 Å². The predicted molar refractivity (Wildman–Crippen MR) is 55.2 cm³/mol. The van der Waals surface area contributed by atoms with E-state index in [2.05, 4.69) is 17.6 Å². The van der Waals surface area contributed by atoms with Gasteiger partial charge in [-0.25, -0.2) is 0 Å². The third-order valence-corrected chi connectivity index (χ3v) is 1.05. The second kappa shape index (κ2) is 17.1. The summed E-state index contributed by atoms with van der Waals surface area (Å²) in [6.45, 7) is 9.51. The Morgan fingerprint density at radius 3 is 1.83 bits per heavy atom. The summed E-state index contributed by atoms with van der Waals surface area (Å²) in [5.41, 5.74) is 10.1. The molecule has 0 rings (SSSR count). The smallest absolute Gasteiger partial charge is 0.00772 e. The fourth-order valence-corrected chi connectivity index (χ4v) is 0.581. The van der Waals surface area contributed by atoms with Crippen LogP contribution < -0.4 is 22.1 Å². The molecule has 0 saturated carbocycles. The monoisotopic (exact) mass is 176 g/mol. The van der Waals surface area contributed by atoms with Crippen molar-refractivity contribution in [1.82, 2.24) is 10.6 Å². The Balaban J connectivity index is 0. The molecule has 0 aliphatic rings. The van der Waals surface area contributed by atoms with Gasteiger partial charge >= 0.3 is 0 Å². The topological polar surface area (TPSA) is 76.1 Å². The Kier molecular flexibility index (Phi) is 20.4. The zero-order valence-electron chi connectivity index (χ0n) is 8.40. The van der Waals surface area contributed by atoms with Crippen molar-refractivity contribution in [2.75, 3.05) is 39.3 Å². The summed E-state index contributed by atoms with van der Waals surface area (Å²) < 4.78 is 0. The number of nitrogens with two attached hydrogens (primary N) is 2. The fourth-order valence-electron chi connectivity index (χ4n) is 0.581. The molecule has 4 heteroatoms. The van der Waals surface area contributed by atoms with E-state index < -0.39 is 0 Å². The zero-order chi connectivity index (χ0) is 9.66. The van der Waals surface area contributed by atoms with Crippen molar-refractivity contribution < 1.29 is 0 Å². The lowest BCUT2D eigenvalue weighted by molar-refractivity contribution is 0.629. The standard InChI is InChI=1S/C6H17N3.C2H7N/c1-2-8-5-6-9-4-3-7;1-2-3/h8-9H,2-7H2,1H3;2-3H2,1H3. The molecule has 0 heterocycles. The second-order valence-corrected chi connectivity index (χ2v) is 2.30. The number of rotatable bonds is 6. The zero-order valence-corrected chi connectivity index (χ0v) is 8.40. The Labute approximate surface area is 76.1 Å². The third kappa shape index (κ3) is 22.5. The fraction of sp³-hybridized carbons (Fsp3) is 1.00. The lowest BCUT2D eigenvalue weighted by atomic mass is 10.5. The highest BCUT2D eigenvalue weighted by Crippen LogP contribution is 1.56. The van der Waals surface area contributed by atoms with Gasteiger partial charge in [-0.2, -0.15) is 0 Å². The number of likely N-dealkylation sites (N-methyl/N-ethyl adjacent to an activating group) is 1. The van der Waals surface area contributed by atoms with Crippen LogP contribution in [0.25, 0.3) is 0 Å². The minimum atomic E-state index is 0.728. The van der Waals surface area contributed by atoms with Crippen LogP contribution in [0.3, 0.4) is 0 Å². The molecule has 0 unspecified atom stereocenters. The van der Waals surface area contributed by atoms with E-state index in [1.807, 2.05) is 6.92 Å². The van der Waals surface area contributed by atoms with Crippen LogP contribution in [0.2, 0.25) is 0 Å². The van der Waals surface area contributed by atoms with Crippen molar-refractivity contribution in [2.45, 2.75) is 13.8 Å².